The van der Waals surface area contributed by atoms with Gasteiger partial charge in [-0.15, -0.1) is 0 Å². The maximum Gasteiger partial charge on any atom is 0.117 e. The van der Waals surface area contributed by atoms with Crippen molar-refractivity contribution in [3.05, 3.63) is 36.4 Å². The van der Waals surface area contributed by atoms with E-state index in [0.717, 1.165) is 10.7 Å². The normalized spacial score (nSPS) is 11.1. The molecule has 0 unspecified atom stereocenters. The lowest BCUT2D eigenvalue weighted by Crippen LogP contribution is -2.11. The molecule has 2 aromatic carbocycles. The van der Waals surface area contributed by atoms with E-state index in [4.69, 9.17) is 22.5 Å². The van der Waals surface area contributed by atoms with Crippen molar-refractivity contribution < 1.29 is 0 Å². The molecule has 0 saturated heterocycles. The average molecular weight is 272 g/mol. The van der Waals surface area contributed by atoms with Crippen molar-refractivity contribution in [1.29, 1.82) is 0 Å². The Morgan fingerprint density at radius 3 is 2.12 bits per heavy atom. The highest BCUT2D eigenvalue weighted by molar-refractivity contribution is 8.09. The highest BCUT2D eigenvalue weighted by Gasteiger charge is 2.11. The van der Waals surface area contributed by atoms with Crippen molar-refractivity contribution in [2.75, 3.05) is 19.0 Å². The summed E-state index contributed by atoms with van der Waals surface area (Å²) in [7, 11) is 4.07. The highest BCUT2D eigenvalue weighted by atomic mass is 35.9. The van der Waals surface area contributed by atoms with Crippen LogP contribution in [0.2, 0.25) is 0 Å². The van der Waals surface area contributed by atoms with Gasteiger partial charge in [0.05, 0.1) is 0 Å². The number of anilines is 1. The average Bonchev–Trinajstić information content (AvgIpc) is 2.27. The maximum absolute atomic E-state index is 6.03. The fourth-order valence-electron chi connectivity index (χ4n) is 1.80. The van der Waals surface area contributed by atoms with Crippen molar-refractivity contribution in [2.24, 2.45) is 0 Å². The first-order valence-electron chi connectivity index (χ1n) is 4.92. The van der Waals surface area contributed by atoms with Gasteiger partial charge in [0.2, 0.25) is 0 Å². The second-order valence-electron chi connectivity index (χ2n) is 3.78. The van der Waals surface area contributed by atoms with Crippen LogP contribution in [0, 0.1) is 0 Å². The van der Waals surface area contributed by atoms with E-state index in [0.29, 0.717) is 0 Å². The van der Waals surface area contributed by atoms with Gasteiger partial charge in [0.1, 0.15) is 6.63 Å². The second kappa shape index (κ2) is 4.79. The summed E-state index contributed by atoms with van der Waals surface area (Å²) in [6.45, 7) is -1.10. The Morgan fingerprint density at radius 2 is 1.56 bits per heavy atom. The predicted octanol–water partition coefficient (Wildman–Crippen LogP) is 4.32. The van der Waals surface area contributed by atoms with Crippen molar-refractivity contribution in [3.63, 3.8) is 0 Å². The van der Waals surface area contributed by atoms with Crippen LogP contribution >= 0.6 is 29.1 Å². The number of hydrogen-bond acceptors (Lipinski definition) is 1. The van der Waals surface area contributed by atoms with Crippen LogP contribution < -0.4 is 10.2 Å². The van der Waals surface area contributed by atoms with Gasteiger partial charge in [-0.25, -0.2) is 0 Å². The lowest BCUT2D eigenvalue weighted by Gasteiger charge is -2.17. The van der Waals surface area contributed by atoms with Crippen molar-refractivity contribution in [1.82, 2.24) is 0 Å². The Kier molecular flexibility index (Phi) is 3.59. The van der Waals surface area contributed by atoms with E-state index in [-0.39, 0.29) is 0 Å². The molecule has 0 atom stereocenters. The van der Waals surface area contributed by atoms with E-state index in [2.05, 4.69) is 23.1 Å². The number of nitrogens with zero attached hydrogens (tertiary/aromatic N) is 1. The molecule has 0 heterocycles. The summed E-state index contributed by atoms with van der Waals surface area (Å²) in [6, 6.07) is 12.3. The van der Waals surface area contributed by atoms with Gasteiger partial charge < -0.3 is 4.90 Å². The number of benzene rings is 2. The summed E-state index contributed by atoms with van der Waals surface area (Å²) in [5.74, 6) is 0. The number of fused-ring (bicyclic) bond motifs is 1. The van der Waals surface area contributed by atoms with Crippen LogP contribution in [0.4, 0.5) is 5.69 Å². The van der Waals surface area contributed by atoms with E-state index in [1.807, 2.05) is 32.3 Å². The Labute approximate surface area is 106 Å². The van der Waals surface area contributed by atoms with Gasteiger partial charge in [-0.1, -0.05) is 46.7 Å². The molecule has 0 saturated carbocycles. The minimum absolute atomic E-state index is 1.03. The zero-order valence-electron chi connectivity index (χ0n) is 9.11. The first-order chi connectivity index (χ1) is 7.61. The minimum Gasteiger partial charge on any atom is -0.377 e. The molecular weight excluding hydrogens is 260 g/mol. The third-order valence-corrected chi connectivity index (χ3v) is 4.39. The molecule has 0 fully saturated rings. The summed E-state index contributed by atoms with van der Waals surface area (Å²) in [4.78, 5) is 2.09. The molecule has 16 heavy (non-hydrogen) atoms. The molecule has 2 rings (SSSR count). The van der Waals surface area contributed by atoms with E-state index in [1.54, 1.807) is 0 Å². The van der Waals surface area contributed by atoms with Crippen LogP contribution in [0.25, 0.3) is 10.8 Å². The topological polar surface area (TPSA) is 3.24 Å². The highest BCUT2D eigenvalue weighted by Crippen LogP contribution is 2.47. The van der Waals surface area contributed by atoms with Gasteiger partial charge in [0, 0.05) is 30.5 Å². The standard InChI is InChI=1S/C12H12Cl2NP/c1-15(2)11-7-8-12(16(13)14)10-6-4-3-5-9(10)11/h3-8H,1-2H3. The van der Waals surface area contributed by atoms with Crippen molar-refractivity contribution in [3.8, 4) is 0 Å². The summed E-state index contributed by atoms with van der Waals surface area (Å²) < 4.78 is 0. The summed E-state index contributed by atoms with van der Waals surface area (Å²) in [5.41, 5.74) is 1.18. The molecule has 0 radical (unpaired) electrons. The second-order valence-corrected chi connectivity index (χ2v) is 7.27. The SMILES string of the molecule is CN(C)c1ccc(P(Cl)Cl)c2ccccc12. The first-order valence-corrected chi connectivity index (χ1v) is 8.07. The van der Waals surface area contributed by atoms with E-state index < -0.39 is 6.63 Å². The smallest absolute Gasteiger partial charge is 0.117 e. The first kappa shape index (κ1) is 12.0. The van der Waals surface area contributed by atoms with Crippen molar-refractivity contribution in [2.45, 2.75) is 0 Å². The third-order valence-electron chi connectivity index (χ3n) is 2.54. The van der Waals surface area contributed by atoms with Crippen LogP contribution in [0.5, 0.6) is 0 Å². The number of rotatable bonds is 2. The molecule has 0 aliphatic rings. The number of halogens is 2. The van der Waals surface area contributed by atoms with E-state index in [1.165, 1.54) is 11.1 Å². The molecular formula is C12H12Cl2NP. The predicted molar refractivity (Wildman–Crippen MR) is 76.5 cm³/mol. The molecule has 0 spiro atoms. The molecule has 2 aromatic rings. The van der Waals surface area contributed by atoms with Crippen LogP contribution in [-0.2, 0) is 0 Å². The molecule has 0 aliphatic heterocycles. The Bertz CT molecular complexity index is 465. The van der Waals surface area contributed by atoms with E-state index in [9.17, 15) is 0 Å². The van der Waals surface area contributed by atoms with Crippen LogP contribution in [0.1, 0.15) is 0 Å². The zero-order valence-corrected chi connectivity index (χ0v) is 11.5. The Hall–Kier alpha value is -0.490. The molecule has 0 amide bonds. The van der Waals surface area contributed by atoms with Crippen LogP contribution in [0.3, 0.4) is 0 Å². The molecule has 1 nitrogen and oxygen atoms in total. The molecule has 0 N–H and O–H groups in total. The molecule has 0 aromatic heterocycles. The van der Waals surface area contributed by atoms with Crippen LogP contribution in [0.15, 0.2) is 36.4 Å². The molecule has 84 valence electrons. The Balaban J connectivity index is 2.77. The van der Waals surface area contributed by atoms with E-state index >= 15 is 0 Å². The minimum atomic E-state index is -1.10. The summed E-state index contributed by atoms with van der Waals surface area (Å²) >= 11 is 12.1. The quantitative estimate of drug-likeness (QED) is 0.736. The van der Waals surface area contributed by atoms with Gasteiger partial charge in [0.25, 0.3) is 0 Å². The summed E-state index contributed by atoms with van der Waals surface area (Å²) in [6.07, 6.45) is 0. The van der Waals surface area contributed by atoms with Gasteiger partial charge >= 0.3 is 0 Å². The lowest BCUT2D eigenvalue weighted by atomic mass is 10.1. The van der Waals surface area contributed by atoms with Gasteiger partial charge in [0.15, 0.2) is 0 Å². The fraction of sp³-hybridized carbons (Fsp3) is 0.167. The van der Waals surface area contributed by atoms with Crippen molar-refractivity contribution >= 4 is 50.9 Å². The van der Waals surface area contributed by atoms with Gasteiger partial charge in [-0.05, 0) is 17.5 Å². The molecule has 0 aliphatic carbocycles. The van der Waals surface area contributed by atoms with Gasteiger partial charge in [-0.2, -0.15) is 0 Å². The summed E-state index contributed by atoms with van der Waals surface area (Å²) in [5, 5.41) is 3.36. The monoisotopic (exact) mass is 271 g/mol. The van der Waals surface area contributed by atoms with Gasteiger partial charge in [-0.3, -0.25) is 0 Å². The largest absolute Gasteiger partial charge is 0.377 e. The fourth-order valence-corrected chi connectivity index (χ4v) is 3.25. The zero-order chi connectivity index (χ0) is 11.7. The molecule has 0 bridgehead atoms. The molecule has 4 heteroatoms. The number of hydrogen-bond donors (Lipinski definition) is 0. The Morgan fingerprint density at radius 1 is 0.938 bits per heavy atom. The van der Waals surface area contributed by atoms with Crippen LogP contribution in [-0.4, -0.2) is 14.1 Å². The third kappa shape index (κ3) is 2.13. The maximum atomic E-state index is 6.03. The lowest BCUT2D eigenvalue weighted by molar-refractivity contribution is 1.14.